The first-order chi connectivity index (χ1) is 9.13. The van der Waals surface area contributed by atoms with E-state index in [1.807, 2.05) is 17.3 Å². The number of hydrogen-bond donors (Lipinski definition) is 0. The Bertz CT molecular complexity index is 607. The molecule has 0 aliphatic heterocycles. The lowest BCUT2D eigenvalue weighted by molar-refractivity contribution is 0.141. The molecule has 2 aromatic rings. The van der Waals surface area contributed by atoms with E-state index in [9.17, 15) is 4.79 Å². The topological polar surface area (TPSA) is 42.7 Å². The Kier molecular flexibility index (Phi) is 5.01. The van der Waals surface area contributed by atoms with Gasteiger partial charge in [-0.3, -0.25) is 4.79 Å². The van der Waals surface area contributed by atoms with E-state index in [1.165, 1.54) is 17.4 Å². The van der Waals surface area contributed by atoms with Gasteiger partial charge < -0.3 is 14.1 Å². The van der Waals surface area contributed by atoms with E-state index in [1.54, 1.807) is 0 Å². The van der Waals surface area contributed by atoms with Crippen LogP contribution in [0.4, 0.5) is 5.88 Å². The van der Waals surface area contributed by atoms with Gasteiger partial charge >= 0.3 is 0 Å². The average molecular weight is 346 g/mol. The molecular weight excluding hydrogens is 330 g/mol. The Hall–Kier alpha value is -0.850. The monoisotopic (exact) mass is 345 g/mol. The molecule has 19 heavy (non-hydrogen) atoms. The molecule has 104 valence electrons. The molecule has 0 unspecified atom stereocenters. The molecule has 0 atom stereocenters. The third kappa shape index (κ3) is 3.38. The molecule has 0 fully saturated rings. The zero-order valence-electron chi connectivity index (χ0n) is 10.9. The highest BCUT2D eigenvalue weighted by molar-refractivity contribution is 9.10. The van der Waals surface area contributed by atoms with Crippen LogP contribution in [0.15, 0.2) is 25.1 Å². The summed E-state index contributed by atoms with van der Waals surface area (Å²) in [5, 5.41) is 1.86. The predicted molar refractivity (Wildman–Crippen MR) is 82.4 cm³/mol. The zero-order valence-corrected chi connectivity index (χ0v) is 13.3. The van der Waals surface area contributed by atoms with Gasteiger partial charge in [-0.2, -0.15) is 0 Å². The Labute approximate surface area is 124 Å². The lowest BCUT2D eigenvalue weighted by Crippen LogP contribution is -2.23. The van der Waals surface area contributed by atoms with Gasteiger partial charge in [-0.1, -0.05) is 6.92 Å². The van der Waals surface area contributed by atoms with Crippen LogP contribution in [0.25, 0.3) is 10.3 Å². The first-order valence-electron chi connectivity index (χ1n) is 6.13. The average Bonchev–Trinajstić information content (AvgIpc) is 2.77. The second-order valence-electron chi connectivity index (χ2n) is 4.22. The van der Waals surface area contributed by atoms with E-state index in [0.717, 1.165) is 17.5 Å². The molecule has 0 saturated carbocycles. The van der Waals surface area contributed by atoms with Crippen molar-refractivity contribution in [3.8, 4) is 0 Å². The molecule has 0 N–H and O–H groups in total. The summed E-state index contributed by atoms with van der Waals surface area (Å²) in [4.78, 5) is 13.9. The fraction of sp³-hybridized carbons (Fsp3) is 0.462. The Balaban J connectivity index is 2.15. The summed E-state index contributed by atoms with van der Waals surface area (Å²) in [7, 11) is 1.89. The summed E-state index contributed by atoms with van der Waals surface area (Å²) < 4.78 is 12.7. The number of nitrogens with zero attached hydrogens (tertiary/aromatic N) is 1. The van der Waals surface area contributed by atoms with E-state index in [0.29, 0.717) is 29.3 Å². The van der Waals surface area contributed by atoms with Gasteiger partial charge in [0.15, 0.2) is 11.5 Å². The van der Waals surface area contributed by atoms with E-state index in [4.69, 9.17) is 9.15 Å². The minimum Gasteiger partial charge on any atom is -0.438 e. The summed E-state index contributed by atoms with van der Waals surface area (Å²) in [6.07, 6.45) is 1.01. The van der Waals surface area contributed by atoms with Gasteiger partial charge in [-0.05, 0) is 22.4 Å². The Morgan fingerprint density at radius 3 is 3.00 bits per heavy atom. The number of anilines is 1. The van der Waals surface area contributed by atoms with Gasteiger partial charge in [0, 0.05) is 31.6 Å². The smallest absolute Gasteiger partial charge is 0.204 e. The van der Waals surface area contributed by atoms with Crippen LogP contribution in [0, 0.1) is 0 Å². The largest absolute Gasteiger partial charge is 0.438 e. The minimum absolute atomic E-state index is 0.00623. The molecular formula is C13H16BrNO3S. The summed E-state index contributed by atoms with van der Waals surface area (Å²) in [5.74, 6) is 0.566. The van der Waals surface area contributed by atoms with Crippen LogP contribution in [0.2, 0.25) is 0 Å². The first kappa shape index (κ1) is 14.6. The van der Waals surface area contributed by atoms with Crippen molar-refractivity contribution in [1.29, 1.82) is 0 Å². The lowest BCUT2D eigenvalue weighted by atomic mass is 10.4. The Morgan fingerprint density at radius 2 is 2.26 bits per heavy atom. The van der Waals surface area contributed by atoms with E-state index >= 15 is 0 Å². The number of halogens is 1. The highest BCUT2D eigenvalue weighted by atomic mass is 79.9. The maximum atomic E-state index is 12.0. The molecule has 0 bridgehead atoms. The van der Waals surface area contributed by atoms with Gasteiger partial charge in [0.25, 0.3) is 0 Å². The first-order valence-corrected chi connectivity index (χ1v) is 7.80. The van der Waals surface area contributed by atoms with Crippen molar-refractivity contribution in [2.24, 2.45) is 0 Å². The third-order valence-corrected chi connectivity index (χ3v) is 4.55. The SMILES string of the molecule is CCCOCCN(C)c1cc(=O)c2scc(Br)c2o1. The highest BCUT2D eigenvalue weighted by Crippen LogP contribution is 2.30. The molecule has 0 saturated heterocycles. The quantitative estimate of drug-likeness (QED) is 0.751. The van der Waals surface area contributed by atoms with Crippen molar-refractivity contribution in [2.45, 2.75) is 13.3 Å². The second-order valence-corrected chi connectivity index (χ2v) is 5.96. The van der Waals surface area contributed by atoms with Gasteiger partial charge in [0.05, 0.1) is 11.1 Å². The van der Waals surface area contributed by atoms with Crippen LogP contribution in [0.5, 0.6) is 0 Å². The summed E-state index contributed by atoms with van der Waals surface area (Å²) in [6.45, 7) is 4.14. The number of hydrogen-bond acceptors (Lipinski definition) is 5. The molecule has 2 heterocycles. The van der Waals surface area contributed by atoms with Crippen molar-refractivity contribution >= 4 is 43.4 Å². The van der Waals surface area contributed by atoms with Crippen LogP contribution >= 0.6 is 27.3 Å². The van der Waals surface area contributed by atoms with Gasteiger partial charge in [0.1, 0.15) is 4.70 Å². The molecule has 6 heteroatoms. The number of rotatable bonds is 6. The molecule has 0 amide bonds. The zero-order chi connectivity index (χ0) is 13.8. The van der Waals surface area contributed by atoms with E-state index in [2.05, 4.69) is 22.9 Å². The number of thiophene rings is 1. The molecule has 0 spiro atoms. The van der Waals surface area contributed by atoms with Gasteiger partial charge in [0.2, 0.25) is 5.43 Å². The molecule has 0 aromatic carbocycles. The third-order valence-electron chi connectivity index (χ3n) is 2.68. The van der Waals surface area contributed by atoms with Crippen molar-refractivity contribution in [2.75, 3.05) is 31.7 Å². The predicted octanol–water partition coefficient (Wildman–Crippen LogP) is 3.48. The summed E-state index contributed by atoms with van der Waals surface area (Å²) in [6, 6.07) is 1.53. The number of likely N-dealkylation sites (N-methyl/N-ethyl adjacent to an activating group) is 1. The van der Waals surface area contributed by atoms with Crippen LogP contribution in [-0.4, -0.2) is 26.8 Å². The van der Waals surface area contributed by atoms with Crippen LogP contribution in [0.3, 0.4) is 0 Å². The maximum absolute atomic E-state index is 12.0. The molecule has 2 aromatic heterocycles. The lowest BCUT2D eigenvalue weighted by Gasteiger charge is -2.17. The van der Waals surface area contributed by atoms with Gasteiger partial charge in [-0.15, -0.1) is 11.3 Å². The van der Waals surface area contributed by atoms with Crippen LogP contribution < -0.4 is 10.3 Å². The maximum Gasteiger partial charge on any atom is 0.204 e. The van der Waals surface area contributed by atoms with Crippen LogP contribution in [-0.2, 0) is 4.74 Å². The highest BCUT2D eigenvalue weighted by Gasteiger charge is 2.12. The van der Waals surface area contributed by atoms with E-state index < -0.39 is 0 Å². The molecule has 2 rings (SSSR count). The molecule has 0 aliphatic rings. The van der Waals surface area contributed by atoms with Gasteiger partial charge in [-0.25, -0.2) is 0 Å². The standard InChI is InChI=1S/C13H16BrNO3S/c1-3-5-17-6-4-15(2)11-7-10(16)13-12(18-11)9(14)8-19-13/h7-8H,3-6H2,1-2H3. The molecule has 0 aliphatic carbocycles. The Morgan fingerprint density at radius 1 is 1.47 bits per heavy atom. The van der Waals surface area contributed by atoms with Crippen molar-refractivity contribution in [3.63, 3.8) is 0 Å². The number of fused-ring (bicyclic) bond motifs is 1. The van der Waals surface area contributed by atoms with Crippen molar-refractivity contribution in [1.82, 2.24) is 0 Å². The van der Waals surface area contributed by atoms with Crippen LogP contribution in [0.1, 0.15) is 13.3 Å². The van der Waals surface area contributed by atoms with Crippen molar-refractivity contribution < 1.29 is 9.15 Å². The fourth-order valence-electron chi connectivity index (χ4n) is 1.65. The normalized spacial score (nSPS) is 11.1. The second kappa shape index (κ2) is 6.54. The number of ether oxygens (including phenoxy) is 1. The minimum atomic E-state index is -0.00623. The fourth-order valence-corrected chi connectivity index (χ4v) is 3.10. The molecule has 4 nitrogen and oxygen atoms in total. The van der Waals surface area contributed by atoms with Crippen molar-refractivity contribution in [3.05, 3.63) is 26.1 Å². The summed E-state index contributed by atoms with van der Waals surface area (Å²) in [5.41, 5.74) is 0.613. The summed E-state index contributed by atoms with van der Waals surface area (Å²) >= 11 is 4.78. The van der Waals surface area contributed by atoms with E-state index in [-0.39, 0.29) is 5.43 Å². The molecule has 0 radical (unpaired) electrons.